The van der Waals surface area contributed by atoms with Crippen LogP contribution in [0.3, 0.4) is 0 Å². The third-order valence-corrected chi connectivity index (χ3v) is 5.76. The second kappa shape index (κ2) is 8.05. The van der Waals surface area contributed by atoms with Gasteiger partial charge in [-0.05, 0) is 54.3 Å². The van der Waals surface area contributed by atoms with Gasteiger partial charge in [0.15, 0.2) is 0 Å². The largest absolute Gasteiger partial charge is 0.369 e. The second-order valence-electron chi connectivity index (χ2n) is 7.03. The molecule has 150 valence electrons. The molecule has 0 spiro atoms. The standard InChI is InChI=1S/C21H18Cl2FN3O2/c22-15-5-3-14(9-16(15)23)12-27-20(28)18(25-21(27)29)11-13-4-6-19(17(24)10-13)26-7-1-2-8-26/h3-6,9-11H,1-2,7-8,12H2,(H,25,29)/b18-11+. The highest BCUT2D eigenvalue weighted by Gasteiger charge is 2.33. The monoisotopic (exact) mass is 433 g/mol. The lowest BCUT2D eigenvalue weighted by molar-refractivity contribution is -0.123. The molecule has 0 saturated carbocycles. The Morgan fingerprint density at radius 3 is 2.48 bits per heavy atom. The Balaban J connectivity index is 1.52. The summed E-state index contributed by atoms with van der Waals surface area (Å²) in [6.45, 7) is 1.74. The Hall–Kier alpha value is -2.57. The molecule has 0 radical (unpaired) electrons. The first kappa shape index (κ1) is 19.7. The number of nitrogens with one attached hydrogen (secondary N) is 1. The highest BCUT2D eigenvalue weighted by molar-refractivity contribution is 6.42. The highest BCUT2D eigenvalue weighted by atomic mass is 35.5. The summed E-state index contributed by atoms with van der Waals surface area (Å²) in [5.41, 5.74) is 1.84. The van der Waals surface area contributed by atoms with Gasteiger partial charge >= 0.3 is 6.03 Å². The van der Waals surface area contributed by atoms with Gasteiger partial charge in [-0.15, -0.1) is 0 Å². The van der Waals surface area contributed by atoms with Crippen LogP contribution in [0.1, 0.15) is 24.0 Å². The summed E-state index contributed by atoms with van der Waals surface area (Å²) in [7, 11) is 0. The van der Waals surface area contributed by atoms with Crippen LogP contribution in [0.5, 0.6) is 0 Å². The van der Waals surface area contributed by atoms with E-state index in [1.54, 1.807) is 30.3 Å². The van der Waals surface area contributed by atoms with Crippen molar-refractivity contribution in [3.05, 3.63) is 69.1 Å². The number of urea groups is 1. The first-order valence-corrected chi connectivity index (χ1v) is 10.0. The molecule has 0 atom stereocenters. The molecule has 0 aromatic heterocycles. The number of anilines is 1. The van der Waals surface area contributed by atoms with E-state index in [0.717, 1.165) is 30.8 Å². The zero-order valence-corrected chi connectivity index (χ0v) is 16.9. The molecule has 2 aliphatic heterocycles. The van der Waals surface area contributed by atoms with E-state index in [9.17, 15) is 14.0 Å². The molecule has 0 aliphatic carbocycles. The lowest BCUT2D eigenvalue weighted by Gasteiger charge is -2.18. The van der Waals surface area contributed by atoms with E-state index in [1.807, 2.05) is 4.90 Å². The molecular weight excluding hydrogens is 416 g/mol. The van der Waals surface area contributed by atoms with Crippen molar-refractivity contribution in [2.24, 2.45) is 0 Å². The Labute approximate surface area is 177 Å². The average molecular weight is 434 g/mol. The van der Waals surface area contributed by atoms with Crippen molar-refractivity contribution < 1.29 is 14.0 Å². The number of halogens is 3. The predicted octanol–water partition coefficient (Wildman–Crippen LogP) is 4.83. The maximum absolute atomic E-state index is 14.5. The fourth-order valence-corrected chi connectivity index (χ4v) is 3.85. The summed E-state index contributed by atoms with van der Waals surface area (Å²) in [5.74, 6) is -0.823. The fourth-order valence-electron chi connectivity index (χ4n) is 3.53. The average Bonchev–Trinajstić information content (AvgIpc) is 3.30. The topological polar surface area (TPSA) is 52.7 Å². The van der Waals surface area contributed by atoms with Crippen LogP contribution in [0.25, 0.3) is 6.08 Å². The van der Waals surface area contributed by atoms with E-state index >= 15 is 0 Å². The number of hydrogen-bond donors (Lipinski definition) is 1. The molecule has 8 heteroatoms. The van der Waals surface area contributed by atoms with E-state index in [0.29, 0.717) is 26.9 Å². The Morgan fingerprint density at radius 1 is 1.03 bits per heavy atom. The quantitative estimate of drug-likeness (QED) is 0.554. The first-order chi connectivity index (χ1) is 13.9. The third kappa shape index (κ3) is 4.09. The molecule has 29 heavy (non-hydrogen) atoms. The molecule has 5 nitrogen and oxygen atoms in total. The second-order valence-corrected chi connectivity index (χ2v) is 7.85. The molecular formula is C21H18Cl2FN3O2. The van der Waals surface area contributed by atoms with E-state index < -0.39 is 11.9 Å². The molecule has 2 aliphatic rings. The molecule has 2 fully saturated rings. The van der Waals surface area contributed by atoms with Crippen LogP contribution >= 0.6 is 23.2 Å². The number of rotatable bonds is 4. The molecule has 0 bridgehead atoms. The number of nitrogens with zero attached hydrogens (tertiary/aromatic N) is 2. The number of imide groups is 1. The minimum absolute atomic E-state index is 0.0567. The van der Waals surface area contributed by atoms with Crippen molar-refractivity contribution in [2.75, 3.05) is 18.0 Å². The Bertz CT molecular complexity index is 1020. The van der Waals surface area contributed by atoms with Gasteiger partial charge in [0.05, 0.1) is 22.3 Å². The van der Waals surface area contributed by atoms with E-state index in [2.05, 4.69) is 5.32 Å². The van der Waals surface area contributed by atoms with Crippen molar-refractivity contribution >= 4 is 46.9 Å². The molecule has 2 heterocycles. The van der Waals surface area contributed by atoms with Crippen molar-refractivity contribution in [3.63, 3.8) is 0 Å². The maximum atomic E-state index is 14.5. The van der Waals surface area contributed by atoms with E-state index in [4.69, 9.17) is 23.2 Å². The SMILES string of the molecule is O=C1N/C(=C/c2ccc(N3CCCC3)c(F)c2)C(=O)N1Cc1ccc(Cl)c(Cl)c1. The summed E-state index contributed by atoms with van der Waals surface area (Å²) in [4.78, 5) is 28.0. The van der Waals surface area contributed by atoms with E-state index in [1.165, 1.54) is 12.1 Å². The predicted molar refractivity (Wildman–Crippen MR) is 111 cm³/mol. The number of carbonyl (C=O) groups excluding carboxylic acids is 2. The minimum Gasteiger partial charge on any atom is -0.369 e. The minimum atomic E-state index is -0.540. The van der Waals surface area contributed by atoms with Gasteiger partial charge in [-0.1, -0.05) is 35.3 Å². The van der Waals surface area contributed by atoms with Gasteiger partial charge in [0.25, 0.3) is 5.91 Å². The van der Waals surface area contributed by atoms with Gasteiger partial charge in [-0.2, -0.15) is 0 Å². The van der Waals surface area contributed by atoms with Crippen LogP contribution < -0.4 is 10.2 Å². The van der Waals surface area contributed by atoms with Gasteiger partial charge in [0.2, 0.25) is 0 Å². The van der Waals surface area contributed by atoms with Gasteiger partial charge in [0.1, 0.15) is 11.5 Å². The van der Waals surface area contributed by atoms with Crippen molar-refractivity contribution in [2.45, 2.75) is 19.4 Å². The molecule has 4 rings (SSSR count). The lowest BCUT2D eigenvalue weighted by atomic mass is 10.1. The molecule has 3 amide bonds. The summed E-state index contributed by atoms with van der Waals surface area (Å²) in [6, 6.07) is 9.20. The van der Waals surface area contributed by atoms with Crippen molar-refractivity contribution in [1.82, 2.24) is 10.2 Å². The number of amides is 3. The normalized spacial score (nSPS) is 18.1. The first-order valence-electron chi connectivity index (χ1n) is 9.25. The van der Waals surface area contributed by atoms with E-state index in [-0.39, 0.29) is 18.1 Å². The van der Waals surface area contributed by atoms with Crippen LogP contribution in [0.2, 0.25) is 10.0 Å². The van der Waals surface area contributed by atoms with Gasteiger partial charge in [0, 0.05) is 13.1 Å². The molecule has 2 saturated heterocycles. The Kier molecular flexibility index (Phi) is 5.48. The van der Waals surface area contributed by atoms with Crippen LogP contribution in [-0.4, -0.2) is 29.9 Å². The summed E-state index contributed by atoms with van der Waals surface area (Å²) >= 11 is 11.9. The zero-order chi connectivity index (χ0) is 20.5. The highest BCUT2D eigenvalue weighted by Crippen LogP contribution is 2.27. The van der Waals surface area contributed by atoms with Crippen LogP contribution in [0.15, 0.2) is 42.1 Å². The smallest absolute Gasteiger partial charge is 0.329 e. The Morgan fingerprint density at radius 2 is 1.79 bits per heavy atom. The van der Waals surface area contributed by atoms with Crippen LogP contribution in [0.4, 0.5) is 14.9 Å². The molecule has 2 aromatic rings. The zero-order valence-electron chi connectivity index (χ0n) is 15.4. The fraction of sp³-hybridized carbons (Fsp3) is 0.238. The summed E-state index contributed by atoms with van der Waals surface area (Å²) < 4.78 is 14.5. The summed E-state index contributed by atoms with van der Waals surface area (Å²) in [6.07, 6.45) is 3.59. The summed E-state index contributed by atoms with van der Waals surface area (Å²) in [5, 5.41) is 3.29. The molecule has 2 aromatic carbocycles. The maximum Gasteiger partial charge on any atom is 0.329 e. The third-order valence-electron chi connectivity index (χ3n) is 5.02. The number of benzene rings is 2. The van der Waals surface area contributed by atoms with Gasteiger partial charge in [-0.3, -0.25) is 9.69 Å². The van der Waals surface area contributed by atoms with Gasteiger partial charge in [-0.25, -0.2) is 9.18 Å². The van der Waals surface area contributed by atoms with Crippen molar-refractivity contribution in [1.29, 1.82) is 0 Å². The van der Waals surface area contributed by atoms with Crippen molar-refractivity contribution in [3.8, 4) is 0 Å². The number of carbonyl (C=O) groups is 2. The number of hydrogen-bond acceptors (Lipinski definition) is 3. The lowest BCUT2D eigenvalue weighted by Crippen LogP contribution is -2.30. The molecule has 1 N–H and O–H groups in total. The van der Waals surface area contributed by atoms with Crippen LogP contribution in [0, 0.1) is 5.82 Å². The van der Waals surface area contributed by atoms with Gasteiger partial charge < -0.3 is 10.2 Å². The van der Waals surface area contributed by atoms with Crippen LogP contribution in [-0.2, 0) is 11.3 Å². The molecule has 0 unspecified atom stereocenters.